The fourth-order valence-electron chi connectivity index (χ4n) is 0.868. The molecule has 1 heterocycles. The van der Waals surface area contributed by atoms with Gasteiger partial charge in [-0.3, -0.25) is 9.59 Å². The molecular weight excluding hydrogens is 162 g/mol. The van der Waals surface area contributed by atoms with E-state index in [2.05, 4.69) is 9.47 Å². The molecule has 0 aromatic heterocycles. The lowest BCUT2D eigenvalue weighted by molar-refractivity contribution is -0.150. The Morgan fingerprint density at radius 3 is 2.67 bits per heavy atom. The summed E-state index contributed by atoms with van der Waals surface area (Å²) in [5.74, 6) is -0.794. The predicted molar refractivity (Wildman–Crippen MR) is 39.1 cm³/mol. The molecule has 1 fully saturated rings. The minimum atomic E-state index is -0.698. The maximum Gasteiger partial charge on any atom is 0.323 e. The molecule has 0 spiro atoms. The van der Waals surface area contributed by atoms with Crippen LogP contribution in [-0.4, -0.2) is 31.2 Å². The lowest BCUT2D eigenvalue weighted by Crippen LogP contribution is -2.32. The van der Waals surface area contributed by atoms with E-state index in [1.54, 1.807) is 0 Å². The summed E-state index contributed by atoms with van der Waals surface area (Å²) < 4.78 is 9.37. The Bertz CT molecular complexity index is 192. The number of carbonyl (C=O) groups excluding carboxylic acids is 2. The molecule has 0 radical (unpaired) electrons. The Kier molecular flexibility index (Phi) is 3.04. The molecule has 68 valence electrons. The third-order valence-electron chi connectivity index (χ3n) is 1.55. The van der Waals surface area contributed by atoms with E-state index < -0.39 is 12.0 Å². The van der Waals surface area contributed by atoms with Crippen molar-refractivity contribution in [3.8, 4) is 0 Å². The van der Waals surface area contributed by atoms with Gasteiger partial charge in [0.05, 0.1) is 0 Å². The maximum absolute atomic E-state index is 10.9. The summed E-state index contributed by atoms with van der Waals surface area (Å²) in [6.45, 7) is 0.218. The maximum atomic E-state index is 10.9. The zero-order valence-corrected chi connectivity index (χ0v) is 6.62. The fraction of sp³-hybridized carbons (Fsp3) is 0.714. The van der Waals surface area contributed by atoms with E-state index in [0.29, 0.717) is 0 Å². The van der Waals surface area contributed by atoms with Crippen molar-refractivity contribution >= 4 is 11.9 Å². The fourth-order valence-corrected chi connectivity index (χ4v) is 0.868. The Hall–Kier alpha value is -1.10. The van der Waals surface area contributed by atoms with Gasteiger partial charge >= 0.3 is 11.9 Å². The van der Waals surface area contributed by atoms with Crippen molar-refractivity contribution < 1.29 is 19.1 Å². The Labute approximate surface area is 69.8 Å². The van der Waals surface area contributed by atoms with Crippen LogP contribution in [0.25, 0.3) is 0 Å². The van der Waals surface area contributed by atoms with Crippen LogP contribution in [0.2, 0.25) is 0 Å². The predicted octanol–water partition coefficient (Wildman–Crippen LogP) is -0.806. The van der Waals surface area contributed by atoms with Gasteiger partial charge in [-0.1, -0.05) is 0 Å². The molecule has 2 N–H and O–H groups in total. The molecule has 0 unspecified atom stereocenters. The van der Waals surface area contributed by atoms with E-state index in [0.717, 1.165) is 0 Å². The number of rotatable bonds is 0. The van der Waals surface area contributed by atoms with Crippen LogP contribution in [-0.2, 0) is 19.1 Å². The van der Waals surface area contributed by atoms with Crippen LogP contribution in [0, 0.1) is 0 Å². The number of ether oxygens (including phenoxy) is 2. The Morgan fingerprint density at radius 2 is 1.92 bits per heavy atom. The van der Waals surface area contributed by atoms with Gasteiger partial charge in [0, 0.05) is 6.42 Å². The van der Waals surface area contributed by atoms with Gasteiger partial charge in [0.15, 0.2) is 0 Å². The molecule has 0 aliphatic carbocycles. The minimum absolute atomic E-state index is 0.0955. The highest BCUT2D eigenvalue weighted by Crippen LogP contribution is 2.01. The second kappa shape index (κ2) is 4.06. The van der Waals surface area contributed by atoms with Crippen molar-refractivity contribution in [2.24, 2.45) is 5.73 Å². The van der Waals surface area contributed by atoms with Gasteiger partial charge in [-0.15, -0.1) is 0 Å². The van der Waals surface area contributed by atoms with Crippen molar-refractivity contribution in [1.82, 2.24) is 0 Å². The van der Waals surface area contributed by atoms with E-state index in [9.17, 15) is 9.59 Å². The molecule has 1 aliphatic heterocycles. The first-order valence-corrected chi connectivity index (χ1v) is 3.78. The lowest BCUT2D eigenvalue weighted by atomic mass is 10.2. The van der Waals surface area contributed by atoms with Crippen LogP contribution in [0.4, 0.5) is 0 Å². The van der Waals surface area contributed by atoms with Crippen LogP contribution in [0.15, 0.2) is 0 Å². The number of esters is 2. The second-order valence-corrected chi connectivity index (χ2v) is 2.53. The number of hydrogen-bond acceptors (Lipinski definition) is 5. The van der Waals surface area contributed by atoms with Gasteiger partial charge in [0.1, 0.15) is 19.3 Å². The first kappa shape index (κ1) is 8.99. The normalized spacial score (nSPS) is 26.2. The average molecular weight is 173 g/mol. The highest BCUT2D eigenvalue weighted by Gasteiger charge is 2.18. The molecule has 5 nitrogen and oxygen atoms in total. The van der Waals surface area contributed by atoms with Crippen LogP contribution < -0.4 is 5.73 Å². The highest BCUT2D eigenvalue weighted by molar-refractivity contribution is 5.77. The van der Waals surface area contributed by atoms with Gasteiger partial charge in [0.2, 0.25) is 0 Å². The van der Waals surface area contributed by atoms with Crippen molar-refractivity contribution in [1.29, 1.82) is 0 Å². The van der Waals surface area contributed by atoms with Crippen LogP contribution in [0.5, 0.6) is 0 Å². The number of cyclic esters (lactones) is 2. The molecular formula is C7H11NO4. The summed E-state index contributed by atoms with van der Waals surface area (Å²) in [7, 11) is 0. The molecule has 0 aromatic rings. The number of nitrogens with two attached hydrogens (primary N) is 1. The Morgan fingerprint density at radius 1 is 1.25 bits per heavy atom. The molecule has 1 aliphatic rings. The van der Waals surface area contributed by atoms with Gasteiger partial charge in [-0.05, 0) is 6.42 Å². The molecule has 1 atom stereocenters. The smallest absolute Gasteiger partial charge is 0.323 e. The topological polar surface area (TPSA) is 78.6 Å². The van der Waals surface area contributed by atoms with E-state index in [1.165, 1.54) is 0 Å². The quantitative estimate of drug-likeness (QED) is 0.485. The standard InChI is InChI=1S/C7H11NO4/c8-5-1-2-6(9)11-3-4-12-7(5)10/h5H,1-4,8H2/t5-/m0/s1. The molecule has 0 amide bonds. The van der Waals surface area contributed by atoms with Crippen LogP contribution in [0.1, 0.15) is 12.8 Å². The summed E-state index contributed by atoms with van der Waals surface area (Å²) in [6.07, 6.45) is 0.466. The monoisotopic (exact) mass is 173 g/mol. The van der Waals surface area contributed by atoms with E-state index in [-0.39, 0.29) is 32.0 Å². The average Bonchev–Trinajstić information content (AvgIpc) is 2.11. The molecule has 1 rings (SSSR count). The first-order chi connectivity index (χ1) is 5.70. The zero-order valence-electron chi connectivity index (χ0n) is 6.62. The van der Waals surface area contributed by atoms with E-state index in [1.807, 2.05) is 0 Å². The molecule has 0 aromatic carbocycles. The van der Waals surface area contributed by atoms with Crippen LogP contribution in [0.3, 0.4) is 0 Å². The van der Waals surface area contributed by atoms with Gasteiger partial charge in [-0.2, -0.15) is 0 Å². The van der Waals surface area contributed by atoms with Crippen molar-refractivity contribution in [3.63, 3.8) is 0 Å². The summed E-state index contributed by atoms with van der Waals surface area (Å²) in [6, 6.07) is -0.698. The van der Waals surface area contributed by atoms with Crippen molar-refractivity contribution in [2.75, 3.05) is 13.2 Å². The van der Waals surface area contributed by atoms with Gasteiger partial charge in [-0.25, -0.2) is 0 Å². The third kappa shape index (κ3) is 2.50. The Balaban J connectivity index is 2.48. The first-order valence-electron chi connectivity index (χ1n) is 3.78. The lowest BCUT2D eigenvalue weighted by Gasteiger charge is -2.06. The SMILES string of the molecule is N[C@H]1CCC(=O)OCCOC1=O. The third-order valence-corrected chi connectivity index (χ3v) is 1.55. The molecule has 0 bridgehead atoms. The van der Waals surface area contributed by atoms with Crippen molar-refractivity contribution in [3.05, 3.63) is 0 Å². The van der Waals surface area contributed by atoms with Gasteiger partial charge in [0.25, 0.3) is 0 Å². The summed E-state index contributed by atoms with van der Waals surface area (Å²) in [5.41, 5.74) is 5.40. The second-order valence-electron chi connectivity index (χ2n) is 2.53. The largest absolute Gasteiger partial charge is 0.462 e. The van der Waals surface area contributed by atoms with Crippen molar-refractivity contribution in [2.45, 2.75) is 18.9 Å². The minimum Gasteiger partial charge on any atom is -0.462 e. The summed E-state index contributed by atoms with van der Waals surface area (Å²) >= 11 is 0. The van der Waals surface area contributed by atoms with E-state index >= 15 is 0 Å². The molecule has 0 saturated carbocycles. The number of hydrogen-bond donors (Lipinski definition) is 1. The molecule has 12 heavy (non-hydrogen) atoms. The summed E-state index contributed by atoms with van der Waals surface area (Å²) in [4.78, 5) is 21.7. The van der Waals surface area contributed by atoms with Gasteiger partial charge < -0.3 is 15.2 Å². The molecule has 1 saturated heterocycles. The zero-order chi connectivity index (χ0) is 8.97. The summed E-state index contributed by atoms with van der Waals surface area (Å²) in [5, 5.41) is 0. The van der Waals surface area contributed by atoms with E-state index in [4.69, 9.17) is 5.73 Å². The molecule has 5 heteroatoms. The number of carbonyl (C=O) groups is 2. The highest BCUT2D eigenvalue weighted by atomic mass is 16.6. The van der Waals surface area contributed by atoms with Crippen LogP contribution >= 0.6 is 0 Å².